The van der Waals surface area contributed by atoms with Crippen LogP contribution in [-0.2, 0) is 11.3 Å². The van der Waals surface area contributed by atoms with Crippen LogP contribution in [0.2, 0.25) is 5.02 Å². The fraction of sp³-hybridized carbons (Fsp3) is 0.500. The Hall–Kier alpha value is -2.77. The van der Waals surface area contributed by atoms with E-state index < -0.39 is 0 Å². The molecule has 0 aliphatic heterocycles. The number of nitrogens with two attached hydrogens (primary N) is 1. The summed E-state index contributed by atoms with van der Waals surface area (Å²) < 4.78 is 10.6. The van der Waals surface area contributed by atoms with E-state index in [1.54, 1.807) is 37.4 Å². The van der Waals surface area contributed by atoms with Crippen molar-refractivity contribution in [2.24, 2.45) is 17.1 Å². The third-order valence-corrected chi connectivity index (χ3v) is 7.12. The maximum absolute atomic E-state index is 13.5. The number of amides is 2. The SMILES string of the molecule is COc1ccc(C(=O)Nc2ccc(Cl)c(CN(CC(C)(C)CN)C(=O)C3CCCCC3)c2)cc1OC. The number of rotatable bonds is 10. The lowest BCUT2D eigenvalue weighted by atomic mass is 9.86. The quantitative estimate of drug-likeness (QED) is 0.435. The van der Waals surface area contributed by atoms with E-state index in [9.17, 15) is 9.59 Å². The highest BCUT2D eigenvalue weighted by Gasteiger charge is 2.30. The normalized spacial score (nSPS) is 14.3. The van der Waals surface area contributed by atoms with E-state index in [0.717, 1.165) is 31.2 Å². The first-order valence-corrected chi connectivity index (χ1v) is 12.9. The van der Waals surface area contributed by atoms with Gasteiger partial charge in [-0.2, -0.15) is 0 Å². The number of methoxy groups -OCH3 is 2. The highest BCUT2D eigenvalue weighted by molar-refractivity contribution is 6.31. The number of ether oxygens (including phenoxy) is 2. The summed E-state index contributed by atoms with van der Waals surface area (Å²) in [7, 11) is 3.07. The number of carbonyl (C=O) groups excluding carboxylic acids is 2. The van der Waals surface area contributed by atoms with Crippen molar-refractivity contribution in [3.05, 3.63) is 52.5 Å². The number of hydrogen-bond donors (Lipinski definition) is 2. The number of halogens is 1. The van der Waals surface area contributed by atoms with E-state index in [2.05, 4.69) is 19.2 Å². The van der Waals surface area contributed by atoms with Crippen molar-refractivity contribution < 1.29 is 19.1 Å². The average Bonchev–Trinajstić information content (AvgIpc) is 2.89. The predicted molar refractivity (Wildman–Crippen MR) is 144 cm³/mol. The molecule has 3 N–H and O–H groups in total. The molecule has 0 bridgehead atoms. The van der Waals surface area contributed by atoms with E-state index in [4.69, 9.17) is 26.8 Å². The topological polar surface area (TPSA) is 93.9 Å². The first kappa shape index (κ1) is 27.8. The van der Waals surface area contributed by atoms with Gasteiger partial charge in [0.15, 0.2) is 11.5 Å². The number of anilines is 1. The van der Waals surface area contributed by atoms with Crippen molar-refractivity contribution in [2.75, 3.05) is 32.6 Å². The Kier molecular flexibility index (Phi) is 9.63. The fourth-order valence-electron chi connectivity index (χ4n) is 4.56. The van der Waals surface area contributed by atoms with Crippen LogP contribution < -0.4 is 20.5 Å². The van der Waals surface area contributed by atoms with E-state index in [1.165, 1.54) is 13.5 Å². The molecule has 2 aromatic rings. The Labute approximate surface area is 219 Å². The van der Waals surface area contributed by atoms with Crippen LogP contribution in [0.3, 0.4) is 0 Å². The number of benzene rings is 2. The van der Waals surface area contributed by atoms with Gasteiger partial charge in [0.05, 0.1) is 14.2 Å². The molecular weight excluding hydrogens is 478 g/mol. The maximum atomic E-state index is 13.5. The Balaban J connectivity index is 1.81. The van der Waals surface area contributed by atoms with Crippen molar-refractivity contribution in [2.45, 2.75) is 52.5 Å². The summed E-state index contributed by atoms with van der Waals surface area (Å²) in [6.45, 7) is 5.50. The van der Waals surface area contributed by atoms with Crippen molar-refractivity contribution in [1.82, 2.24) is 4.90 Å². The number of hydrogen-bond acceptors (Lipinski definition) is 5. The van der Waals surface area contributed by atoms with Crippen molar-refractivity contribution in [1.29, 1.82) is 0 Å². The molecule has 0 spiro atoms. The number of nitrogens with one attached hydrogen (secondary N) is 1. The van der Waals surface area contributed by atoms with Gasteiger partial charge < -0.3 is 25.4 Å². The van der Waals surface area contributed by atoms with Crippen LogP contribution in [0.5, 0.6) is 11.5 Å². The van der Waals surface area contributed by atoms with Crippen molar-refractivity contribution >= 4 is 29.1 Å². The first-order valence-electron chi connectivity index (χ1n) is 12.5. The monoisotopic (exact) mass is 515 g/mol. The standard InChI is InChI=1S/C28H38ClN3O4/c1-28(2,17-30)18-32(27(34)19-8-6-5-7-9-19)16-21-14-22(11-12-23(21)29)31-26(33)20-10-13-24(35-3)25(15-20)36-4/h10-15,19H,5-9,16-18,30H2,1-4H3,(H,31,33). The van der Waals surface area contributed by atoms with E-state index in [1.807, 2.05) is 11.0 Å². The molecule has 0 heterocycles. The van der Waals surface area contributed by atoms with Crippen LogP contribution in [0.25, 0.3) is 0 Å². The summed E-state index contributed by atoms with van der Waals surface area (Å²) in [5.74, 6) is 0.932. The minimum Gasteiger partial charge on any atom is -0.493 e. The second-order valence-corrected chi connectivity index (χ2v) is 10.6. The molecule has 0 aromatic heterocycles. The molecule has 8 heteroatoms. The highest BCUT2D eigenvalue weighted by atomic mass is 35.5. The zero-order chi connectivity index (χ0) is 26.3. The van der Waals surface area contributed by atoms with Gasteiger partial charge in [0.1, 0.15) is 0 Å². The van der Waals surface area contributed by atoms with Crippen molar-refractivity contribution in [3.8, 4) is 11.5 Å². The Morgan fingerprint density at radius 2 is 1.75 bits per heavy atom. The molecule has 1 saturated carbocycles. The summed E-state index contributed by atoms with van der Waals surface area (Å²) in [5.41, 5.74) is 7.58. The molecule has 1 fully saturated rings. The minimum absolute atomic E-state index is 0.0408. The van der Waals surface area contributed by atoms with Crippen LogP contribution in [-0.4, -0.2) is 44.0 Å². The lowest BCUT2D eigenvalue weighted by Crippen LogP contribution is -2.44. The minimum atomic E-state index is -0.288. The molecule has 196 valence electrons. The smallest absolute Gasteiger partial charge is 0.255 e. The zero-order valence-electron chi connectivity index (χ0n) is 21.7. The van der Waals surface area contributed by atoms with Crippen LogP contribution in [0.1, 0.15) is 61.9 Å². The van der Waals surface area contributed by atoms with Gasteiger partial charge in [0, 0.05) is 35.3 Å². The second-order valence-electron chi connectivity index (χ2n) is 10.2. The molecule has 7 nitrogen and oxygen atoms in total. The van der Waals surface area contributed by atoms with Gasteiger partial charge in [-0.3, -0.25) is 9.59 Å². The van der Waals surface area contributed by atoms with Crippen LogP contribution >= 0.6 is 11.6 Å². The van der Waals surface area contributed by atoms with Gasteiger partial charge in [-0.1, -0.05) is 44.7 Å². The van der Waals surface area contributed by atoms with Crippen LogP contribution in [0.4, 0.5) is 5.69 Å². The lowest BCUT2D eigenvalue weighted by Gasteiger charge is -2.35. The van der Waals surface area contributed by atoms with Gasteiger partial charge >= 0.3 is 0 Å². The molecule has 1 aliphatic carbocycles. The molecule has 1 aliphatic rings. The zero-order valence-corrected chi connectivity index (χ0v) is 22.5. The Morgan fingerprint density at radius 1 is 1.06 bits per heavy atom. The summed E-state index contributed by atoms with van der Waals surface area (Å²) >= 11 is 6.56. The summed E-state index contributed by atoms with van der Waals surface area (Å²) in [6.07, 6.45) is 5.21. The van der Waals surface area contributed by atoms with Gasteiger partial charge in [-0.15, -0.1) is 0 Å². The van der Waals surface area contributed by atoms with Crippen LogP contribution in [0, 0.1) is 11.3 Å². The molecular formula is C28H38ClN3O4. The molecule has 0 unspecified atom stereocenters. The third kappa shape index (κ3) is 7.14. The summed E-state index contributed by atoms with van der Waals surface area (Å²) in [6, 6.07) is 10.3. The molecule has 3 rings (SSSR count). The molecule has 0 saturated heterocycles. The maximum Gasteiger partial charge on any atom is 0.255 e. The highest BCUT2D eigenvalue weighted by Crippen LogP contribution is 2.31. The molecule has 36 heavy (non-hydrogen) atoms. The average molecular weight is 516 g/mol. The first-order chi connectivity index (χ1) is 17.2. The largest absolute Gasteiger partial charge is 0.493 e. The fourth-order valence-corrected chi connectivity index (χ4v) is 4.74. The van der Waals surface area contributed by atoms with Gasteiger partial charge in [0.2, 0.25) is 5.91 Å². The van der Waals surface area contributed by atoms with E-state index in [0.29, 0.717) is 47.4 Å². The van der Waals surface area contributed by atoms with Gasteiger partial charge in [-0.05, 0) is 66.8 Å². The van der Waals surface area contributed by atoms with Gasteiger partial charge in [0.25, 0.3) is 5.91 Å². The number of carbonyl (C=O) groups is 2. The van der Waals surface area contributed by atoms with E-state index >= 15 is 0 Å². The predicted octanol–water partition coefficient (Wildman–Crippen LogP) is 5.50. The molecule has 2 aromatic carbocycles. The molecule has 2 amide bonds. The molecule has 0 atom stereocenters. The third-order valence-electron chi connectivity index (χ3n) is 6.75. The van der Waals surface area contributed by atoms with Gasteiger partial charge in [-0.25, -0.2) is 0 Å². The number of nitrogens with zero attached hydrogens (tertiary/aromatic N) is 1. The summed E-state index contributed by atoms with van der Waals surface area (Å²) in [4.78, 5) is 28.3. The van der Waals surface area contributed by atoms with Crippen LogP contribution in [0.15, 0.2) is 36.4 Å². The van der Waals surface area contributed by atoms with E-state index in [-0.39, 0.29) is 23.1 Å². The second kappa shape index (κ2) is 12.5. The molecule has 0 radical (unpaired) electrons. The Bertz CT molecular complexity index is 1070. The lowest BCUT2D eigenvalue weighted by molar-refractivity contribution is -0.138. The summed E-state index contributed by atoms with van der Waals surface area (Å²) in [5, 5.41) is 3.47. The Morgan fingerprint density at radius 3 is 2.39 bits per heavy atom. The van der Waals surface area contributed by atoms with Crippen molar-refractivity contribution in [3.63, 3.8) is 0 Å².